The van der Waals surface area contributed by atoms with Crippen LogP contribution in [0, 0.1) is 0 Å². The van der Waals surface area contributed by atoms with Crippen LogP contribution < -0.4 is 10.2 Å². The minimum Gasteiger partial charge on any atom is -0.480 e. The van der Waals surface area contributed by atoms with Crippen molar-refractivity contribution in [1.82, 2.24) is 15.3 Å². The Hall–Kier alpha value is -2.18. The number of carbonyl (C=O) groups is 2. The summed E-state index contributed by atoms with van der Waals surface area (Å²) >= 11 is 0. The lowest BCUT2D eigenvalue weighted by atomic mass is 10.1. The van der Waals surface area contributed by atoms with Crippen LogP contribution in [0.15, 0.2) is 18.5 Å². The molecule has 1 aromatic rings. The number of rotatable bonds is 6. The highest BCUT2D eigenvalue weighted by Gasteiger charge is 2.34. The van der Waals surface area contributed by atoms with E-state index in [-0.39, 0.29) is 5.91 Å². The number of aromatic nitrogens is 2. The van der Waals surface area contributed by atoms with Crippen molar-refractivity contribution in [2.75, 3.05) is 11.4 Å². The number of carboxylic acids is 1. The van der Waals surface area contributed by atoms with Gasteiger partial charge in [0.15, 0.2) is 0 Å². The molecular formula is C14H20N4O3. The molecule has 0 radical (unpaired) electrons. The Morgan fingerprint density at radius 1 is 1.48 bits per heavy atom. The van der Waals surface area contributed by atoms with Gasteiger partial charge in [0.05, 0.1) is 0 Å². The van der Waals surface area contributed by atoms with Gasteiger partial charge in [-0.25, -0.2) is 14.8 Å². The van der Waals surface area contributed by atoms with Crippen molar-refractivity contribution in [3.05, 3.63) is 18.5 Å². The Labute approximate surface area is 123 Å². The Morgan fingerprint density at radius 2 is 2.19 bits per heavy atom. The molecule has 2 atom stereocenters. The molecule has 0 saturated carbocycles. The van der Waals surface area contributed by atoms with Crippen LogP contribution in [-0.4, -0.2) is 45.6 Å². The van der Waals surface area contributed by atoms with Crippen LogP contribution in [0.1, 0.15) is 32.6 Å². The van der Waals surface area contributed by atoms with Gasteiger partial charge in [-0.15, -0.1) is 0 Å². The maximum Gasteiger partial charge on any atom is 0.326 e. The van der Waals surface area contributed by atoms with Crippen molar-refractivity contribution in [2.45, 2.75) is 44.7 Å². The predicted octanol–water partition coefficient (Wildman–Crippen LogP) is 0.815. The molecule has 1 aromatic heterocycles. The number of hydrogen-bond acceptors (Lipinski definition) is 5. The molecule has 2 heterocycles. The van der Waals surface area contributed by atoms with Gasteiger partial charge >= 0.3 is 5.97 Å². The number of anilines is 1. The summed E-state index contributed by atoms with van der Waals surface area (Å²) < 4.78 is 0. The van der Waals surface area contributed by atoms with Crippen LogP contribution in [0.2, 0.25) is 0 Å². The Morgan fingerprint density at radius 3 is 2.81 bits per heavy atom. The van der Waals surface area contributed by atoms with Gasteiger partial charge in [0.25, 0.3) is 0 Å². The highest BCUT2D eigenvalue weighted by molar-refractivity contribution is 5.89. The molecule has 2 N–H and O–H groups in total. The summed E-state index contributed by atoms with van der Waals surface area (Å²) in [6, 6.07) is 0.490. The van der Waals surface area contributed by atoms with E-state index < -0.39 is 18.1 Å². The molecule has 1 aliphatic heterocycles. The highest BCUT2D eigenvalue weighted by atomic mass is 16.4. The van der Waals surface area contributed by atoms with Crippen LogP contribution >= 0.6 is 0 Å². The van der Waals surface area contributed by atoms with Crippen molar-refractivity contribution in [2.24, 2.45) is 0 Å². The molecule has 7 nitrogen and oxygen atoms in total. The monoisotopic (exact) mass is 292 g/mol. The molecule has 21 heavy (non-hydrogen) atoms. The van der Waals surface area contributed by atoms with Gasteiger partial charge < -0.3 is 15.3 Å². The van der Waals surface area contributed by atoms with Crippen LogP contribution in [-0.2, 0) is 9.59 Å². The lowest BCUT2D eigenvalue weighted by Gasteiger charge is -2.25. The first-order valence-corrected chi connectivity index (χ1v) is 7.20. The molecule has 1 aliphatic rings. The topological polar surface area (TPSA) is 95.4 Å². The third-order valence-electron chi connectivity index (χ3n) is 3.56. The van der Waals surface area contributed by atoms with E-state index in [1.54, 1.807) is 18.5 Å². The lowest BCUT2D eigenvalue weighted by molar-refractivity contribution is -0.142. The number of carbonyl (C=O) groups excluding carboxylic acids is 1. The predicted molar refractivity (Wildman–Crippen MR) is 76.9 cm³/mol. The van der Waals surface area contributed by atoms with Crippen molar-refractivity contribution < 1.29 is 14.7 Å². The zero-order valence-electron chi connectivity index (χ0n) is 12.0. The van der Waals surface area contributed by atoms with Gasteiger partial charge in [0.1, 0.15) is 12.1 Å². The van der Waals surface area contributed by atoms with Crippen LogP contribution in [0.3, 0.4) is 0 Å². The summed E-state index contributed by atoms with van der Waals surface area (Å²) in [5.41, 5.74) is 0. The molecule has 0 bridgehead atoms. The number of amides is 1. The molecule has 0 spiro atoms. The fourth-order valence-electron chi connectivity index (χ4n) is 2.53. The number of nitrogens with one attached hydrogen (secondary N) is 1. The van der Waals surface area contributed by atoms with Gasteiger partial charge in [-0.3, -0.25) is 4.79 Å². The largest absolute Gasteiger partial charge is 0.480 e. The fourth-order valence-corrected chi connectivity index (χ4v) is 2.53. The molecule has 7 heteroatoms. The van der Waals surface area contributed by atoms with Crippen molar-refractivity contribution >= 4 is 17.8 Å². The first-order chi connectivity index (χ1) is 10.1. The number of hydrogen-bond donors (Lipinski definition) is 2. The summed E-state index contributed by atoms with van der Waals surface area (Å²) in [7, 11) is 0. The van der Waals surface area contributed by atoms with Crippen LogP contribution in [0.4, 0.5) is 5.95 Å². The summed E-state index contributed by atoms with van der Waals surface area (Å²) in [5.74, 6) is -0.746. The van der Waals surface area contributed by atoms with Gasteiger partial charge in [0, 0.05) is 18.9 Å². The number of aliphatic carboxylic acids is 1. The quantitative estimate of drug-likeness (QED) is 0.805. The van der Waals surface area contributed by atoms with Crippen LogP contribution in [0.5, 0.6) is 0 Å². The van der Waals surface area contributed by atoms with E-state index in [1.807, 2.05) is 11.8 Å². The number of carboxylic acid groups (broad SMARTS) is 1. The van der Waals surface area contributed by atoms with E-state index in [4.69, 9.17) is 5.11 Å². The van der Waals surface area contributed by atoms with E-state index in [2.05, 4.69) is 15.3 Å². The minimum atomic E-state index is -0.995. The Bertz CT molecular complexity index is 494. The summed E-state index contributed by atoms with van der Waals surface area (Å²) in [5, 5.41) is 11.7. The van der Waals surface area contributed by atoms with Crippen molar-refractivity contribution in [3.63, 3.8) is 0 Å². The van der Waals surface area contributed by atoms with Gasteiger partial charge in [-0.05, 0) is 25.3 Å². The normalized spacial score (nSPS) is 19.3. The molecule has 2 rings (SSSR count). The second kappa shape index (κ2) is 7.01. The maximum absolute atomic E-state index is 12.3. The molecule has 1 amide bonds. The standard InChI is InChI=1S/C14H20N4O3/c1-2-5-10(13(20)21)17-12(19)11-6-3-9-18(11)14-15-7-4-8-16-14/h4,7-8,10-11H,2-3,5-6,9H2,1H3,(H,17,19)(H,20,21)/t10-,11?/m0/s1. The van der Waals surface area contributed by atoms with Gasteiger partial charge in [0.2, 0.25) is 11.9 Å². The molecule has 1 fully saturated rings. The second-order valence-electron chi connectivity index (χ2n) is 5.09. The maximum atomic E-state index is 12.3. The summed E-state index contributed by atoms with van der Waals surface area (Å²) in [6.45, 7) is 2.59. The highest BCUT2D eigenvalue weighted by Crippen LogP contribution is 2.22. The Balaban J connectivity index is 2.05. The summed E-state index contributed by atoms with van der Waals surface area (Å²) in [4.78, 5) is 33.6. The third kappa shape index (κ3) is 3.68. The van der Waals surface area contributed by atoms with Crippen LogP contribution in [0.25, 0.3) is 0 Å². The van der Waals surface area contributed by atoms with Crippen molar-refractivity contribution in [1.29, 1.82) is 0 Å². The van der Waals surface area contributed by atoms with E-state index in [0.717, 1.165) is 6.42 Å². The molecule has 1 saturated heterocycles. The van der Waals surface area contributed by atoms with E-state index in [9.17, 15) is 9.59 Å². The first-order valence-electron chi connectivity index (χ1n) is 7.20. The van der Waals surface area contributed by atoms with Crippen molar-refractivity contribution in [3.8, 4) is 0 Å². The average Bonchev–Trinajstić information content (AvgIpc) is 2.97. The second-order valence-corrected chi connectivity index (χ2v) is 5.09. The zero-order valence-corrected chi connectivity index (χ0v) is 12.0. The first kappa shape index (κ1) is 15.2. The van der Waals surface area contributed by atoms with E-state index in [1.165, 1.54) is 0 Å². The average molecular weight is 292 g/mol. The number of nitrogens with zero attached hydrogens (tertiary/aromatic N) is 3. The third-order valence-corrected chi connectivity index (χ3v) is 3.56. The van der Waals surface area contributed by atoms with E-state index >= 15 is 0 Å². The fraction of sp³-hybridized carbons (Fsp3) is 0.571. The van der Waals surface area contributed by atoms with Gasteiger partial charge in [-0.2, -0.15) is 0 Å². The molecule has 0 aliphatic carbocycles. The smallest absolute Gasteiger partial charge is 0.326 e. The molecular weight excluding hydrogens is 272 g/mol. The minimum absolute atomic E-state index is 0.263. The molecule has 1 unspecified atom stereocenters. The van der Waals surface area contributed by atoms with Gasteiger partial charge in [-0.1, -0.05) is 13.3 Å². The molecule has 114 valence electrons. The van der Waals surface area contributed by atoms with E-state index in [0.29, 0.717) is 31.8 Å². The molecule has 0 aromatic carbocycles. The summed E-state index contributed by atoms with van der Waals surface area (Å²) in [6.07, 6.45) is 5.94. The lowest BCUT2D eigenvalue weighted by Crippen LogP contribution is -2.49. The SMILES string of the molecule is CCC[C@H](NC(=O)C1CCCN1c1ncccn1)C(=O)O. The Kier molecular flexibility index (Phi) is 5.08. The zero-order chi connectivity index (χ0) is 15.2.